The minimum atomic E-state index is -5.08. The average molecular weight is 682 g/mol. The molecule has 258 valence electrons. The molecule has 0 radical (unpaired) electrons. The summed E-state index contributed by atoms with van der Waals surface area (Å²) in [7, 11) is 0. The maximum atomic E-state index is 10.6. The Hall–Kier alpha value is -4.27. The van der Waals surface area contributed by atoms with Crippen molar-refractivity contribution in [1.82, 2.24) is 20.1 Å². The van der Waals surface area contributed by atoms with E-state index in [1.807, 2.05) is 37.5 Å². The molecule has 0 unspecified atom stereocenters. The maximum absolute atomic E-state index is 10.6. The molecule has 2 aromatic heterocycles. The van der Waals surface area contributed by atoms with Crippen LogP contribution in [0, 0.1) is 12.8 Å². The topological polar surface area (TPSA) is 175 Å². The molecule has 2 saturated heterocycles. The second-order valence-corrected chi connectivity index (χ2v) is 9.51. The van der Waals surface area contributed by atoms with Crippen molar-refractivity contribution in [2.75, 3.05) is 25.0 Å². The van der Waals surface area contributed by atoms with Crippen molar-refractivity contribution in [2.24, 2.45) is 5.92 Å². The number of hydrogen-bond acceptors (Lipinski definition) is 9. The van der Waals surface area contributed by atoms with Gasteiger partial charge in [-0.05, 0) is 49.4 Å². The van der Waals surface area contributed by atoms with Gasteiger partial charge in [0.2, 0.25) is 0 Å². The molecule has 0 saturated carbocycles. The second-order valence-electron chi connectivity index (χ2n) is 9.51. The van der Waals surface area contributed by atoms with Crippen LogP contribution in [0.4, 0.5) is 45.3 Å². The molecule has 3 atom stereocenters. The quantitative estimate of drug-likeness (QED) is 0.340. The number of aromatic nitrogens is 3. The van der Waals surface area contributed by atoms with Gasteiger partial charge in [0, 0.05) is 38.6 Å². The van der Waals surface area contributed by atoms with Crippen LogP contribution in [0.5, 0.6) is 0 Å². The minimum absolute atomic E-state index is 0.229. The van der Waals surface area contributed by atoms with Gasteiger partial charge >= 0.3 is 36.4 Å². The van der Waals surface area contributed by atoms with E-state index in [0.29, 0.717) is 5.92 Å². The number of anilines is 1. The molecule has 2 aliphatic rings. The molecule has 21 heteroatoms. The predicted octanol–water partition coefficient (Wildman–Crippen LogP) is 4.17. The van der Waals surface area contributed by atoms with Crippen LogP contribution in [0.25, 0.3) is 0 Å². The summed E-state index contributed by atoms with van der Waals surface area (Å²) in [5.41, 5.74) is 2.19. The fourth-order valence-corrected chi connectivity index (χ4v) is 3.97. The number of carbonyl (C=O) groups is 3. The second kappa shape index (κ2) is 17.4. The first-order chi connectivity index (χ1) is 21.1. The zero-order chi connectivity index (χ0) is 35.3. The molecule has 4 heterocycles. The molecule has 12 nitrogen and oxygen atoms in total. The lowest BCUT2D eigenvalue weighted by atomic mass is 9.85. The number of piperidine rings is 1. The van der Waals surface area contributed by atoms with Crippen molar-refractivity contribution >= 4 is 23.7 Å². The van der Waals surface area contributed by atoms with Gasteiger partial charge in [-0.2, -0.15) is 44.6 Å². The van der Waals surface area contributed by atoms with Crippen LogP contribution in [-0.4, -0.2) is 104 Å². The van der Waals surface area contributed by atoms with Crippen LogP contribution in [-0.2, 0) is 25.7 Å². The first-order valence-electron chi connectivity index (χ1n) is 12.8. The Kier molecular flexibility index (Phi) is 15.1. The monoisotopic (exact) mass is 681 g/mol. The third kappa shape index (κ3) is 15.1. The number of hydrogen-bond donors (Lipinski definition) is 4. The minimum Gasteiger partial charge on any atom is -0.475 e. The number of rotatable bonds is 4. The highest BCUT2D eigenvalue weighted by molar-refractivity contribution is 5.73. The van der Waals surface area contributed by atoms with E-state index in [-0.39, 0.29) is 12.1 Å². The summed E-state index contributed by atoms with van der Waals surface area (Å²) in [5.74, 6) is -6.88. The normalized spacial score (nSPS) is 19.7. The first-order valence-corrected chi connectivity index (χ1v) is 12.8. The van der Waals surface area contributed by atoms with E-state index in [1.54, 1.807) is 0 Å². The molecule has 0 amide bonds. The first kappa shape index (κ1) is 39.8. The Balaban J connectivity index is 0.000000413. The smallest absolute Gasteiger partial charge is 0.475 e. The van der Waals surface area contributed by atoms with Gasteiger partial charge in [0.15, 0.2) is 0 Å². The van der Waals surface area contributed by atoms with Crippen molar-refractivity contribution in [1.29, 1.82) is 0 Å². The van der Waals surface area contributed by atoms with Gasteiger partial charge in [0.05, 0.1) is 17.8 Å². The van der Waals surface area contributed by atoms with E-state index >= 15 is 0 Å². The van der Waals surface area contributed by atoms with Crippen LogP contribution in [0.2, 0.25) is 0 Å². The highest BCUT2D eigenvalue weighted by Gasteiger charge is 2.40. The fourth-order valence-electron chi connectivity index (χ4n) is 3.97. The number of aliphatic carboxylic acids is 3. The van der Waals surface area contributed by atoms with E-state index < -0.39 is 36.4 Å². The Morgan fingerprint density at radius 1 is 0.891 bits per heavy atom. The molecule has 0 aliphatic carbocycles. The van der Waals surface area contributed by atoms with Gasteiger partial charge in [0.25, 0.3) is 0 Å². The predicted molar refractivity (Wildman–Crippen MR) is 137 cm³/mol. The number of nitrogens with zero attached hydrogens (tertiary/aromatic N) is 4. The summed E-state index contributed by atoms with van der Waals surface area (Å²) in [6, 6.07) is 8.37. The molecular formula is C25H28F9N5O7. The number of likely N-dealkylation sites (tertiary alicyclic amines) is 1. The van der Waals surface area contributed by atoms with Crippen LogP contribution < -0.4 is 5.32 Å². The van der Waals surface area contributed by atoms with E-state index in [4.69, 9.17) is 34.4 Å². The Morgan fingerprint density at radius 3 is 1.87 bits per heavy atom. The van der Waals surface area contributed by atoms with Crippen LogP contribution >= 0.6 is 0 Å². The van der Waals surface area contributed by atoms with Gasteiger partial charge in [-0.25, -0.2) is 14.4 Å². The third-order valence-electron chi connectivity index (χ3n) is 5.83. The molecular weight excluding hydrogens is 653 g/mol. The van der Waals surface area contributed by atoms with E-state index in [1.165, 1.54) is 12.0 Å². The van der Waals surface area contributed by atoms with Gasteiger partial charge in [0.1, 0.15) is 5.82 Å². The zero-order valence-corrected chi connectivity index (χ0v) is 23.6. The molecule has 4 rings (SSSR count). The van der Waals surface area contributed by atoms with E-state index in [2.05, 4.69) is 31.5 Å². The number of ether oxygens (including phenoxy) is 1. The van der Waals surface area contributed by atoms with Crippen LogP contribution in [0.1, 0.15) is 24.1 Å². The third-order valence-corrected chi connectivity index (χ3v) is 5.83. The summed E-state index contributed by atoms with van der Waals surface area (Å²) in [6.07, 6.45) is -8.84. The maximum Gasteiger partial charge on any atom is 0.490 e. The van der Waals surface area contributed by atoms with Gasteiger partial charge < -0.3 is 25.4 Å². The summed E-state index contributed by atoms with van der Waals surface area (Å²) in [4.78, 5) is 33.4. The van der Waals surface area contributed by atoms with E-state index in [0.717, 1.165) is 44.2 Å². The van der Waals surface area contributed by atoms with Crippen molar-refractivity contribution in [3.63, 3.8) is 0 Å². The lowest BCUT2D eigenvalue weighted by Crippen LogP contribution is -2.57. The van der Waals surface area contributed by atoms with Crippen molar-refractivity contribution in [3.05, 3.63) is 47.9 Å². The van der Waals surface area contributed by atoms with Gasteiger partial charge in [-0.3, -0.25) is 9.88 Å². The zero-order valence-electron chi connectivity index (χ0n) is 23.6. The summed E-state index contributed by atoms with van der Waals surface area (Å²) < 4.78 is 101. The highest BCUT2D eigenvalue weighted by Crippen LogP contribution is 2.30. The highest BCUT2D eigenvalue weighted by atomic mass is 19.4. The van der Waals surface area contributed by atoms with Gasteiger partial charge in [-0.1, -0.05) is 6.07 Å². The molecule has 0 aromatic carbocycles. The van der Waals surface area contributed by atoms with Crippen LogP contribution in [0.15, 0.2) is 36.7 Å². The summed E-state index contributed by atoms with van der Waals surface area (Å²) in [6.45, 7) is 5.76. The summed E-state index contributed by atoms with van der Waals surface area (Å²) >= 11 is 0. The largest absolute Gasteiger partial charge is 0.490 e. The summed E-state index contributed by atoms with van der Waals surface area (Å²) in [5, 5.41) is 33.4. The number of pyridine rings is 1. The number of nitrogens with one attached hydrogen (secondary N) is 1. The number of carboxylic acids is 3. The molecule has 0 spiro atoms. The van der Waals surface area contributed by atoms with Gasteiger partial charge in [-0.15, -0.1) is 5.10 Å². The standard InChI is InChI=1S/C19H25N5O.3C2HF3O2/c1-14-6-7-18(23-22-14)21-17-13-24(11-15-4-2-8-20-10-15)12-16-5-3-9-25-19(16)17;3*3-2(4,5)1(6)7/h2,4,6-8,10,16-17,19H,3,5,9,11-13H2,1H3,(H,21,23);3*(H,6,7)/t16-,17+,19-;;;/m0.../s1. The molecule has 2 fully saturated rings. The van der Waals surface area contributed by atoms with Crippen molar-refractivity contribution < 1.29 is 74.0 Å². The van der Waals surface area contributed by atoms with Crippen molar-refractivity contribution in [2.45, 2.75) is 57.0 Å². The molecule has 46 heavy (non-hydrogen) atoms. The fraction of sp³-hybridized carbons (Fsp3) is 0.520. The molecule has 4 N–H and O–H groups in total. The Morgan fingerprint density at radius 2 is 1.43 bits per heavy atom. The number of carboxylic acid groups (broad SMARTS) is 3. The Bertz CT molecular complexity index is 1190. The lowest BCUT2D eigenvalue weighted by molar-refractivity contribution is -0.193. The average Bonchev–Trinajstić information content (AvgIpc) is 2.94. The SMILES string of the molecule is Cc1ccc(N[C@@H]2CN(Cc3cccnc3)C[C@@H]3CCCO[C@@H]32)nn1.O=C(O)C(F)(F)F.O=C(O)C(F)(F)F.O=C(O)C(F)(F)F. The number of aryl methyl sites for hydroxylation is 1. The number of halogens is 9. The molecule has 2 aliphatic heterocycles. The number of fused-ring (bicyclic) bond motifs is 1. The molecule has 0 bridgehead atoms. The Labute approximate surface area is 254 Å². The van der Waals surface area contributed by atoms with E-state index in [9.17, 15) is 39.5 Å². The lowest BCUT2D eigenvalue weighted by Gasteiger charge is -2.46. The van der Waals surface area contributed by atoms with Crippen molar-refractivity contribution in [3.8, 4) is 0 Å². The molecule has 2 aromatic rings. The number of alkyl halides is 9. The van der Waals surface area contributed by atoms with Crippen LogP contribution in [0.3, 0.4) is 0 Å².